The van der Waals surface area contributed by atoms with E-state index in [0.29, 0.717) is 27.8 Å². The molecule has 2 rings (SSSR count). The van der Waals surface area contributed by atoms with E-state index in [2.05, 4.69) is 9.97 Å². The Balaban J connectivity index is 2.55. The lowest BCUT2D eigenvalue weighted by Gasteiger charge is -2.04. The van der Waals surface area contributed by atoms with Crippen LogP contribution in [-0.4, -0.2) is 16.3 Å². The van der Waals surface area contributed by atoms with Gasteiger partial charge in [-0.2, -0.15) is 0 Å². The molecule has 0 saturated heterocycles. The van der Waals surface area contributed by atoms with E-state index in [1.54, 1.807) is 31.2 Å². The molecule has 0 aliphatic carbocycles. The van der Waals surface area contributed by atoms with Crippen LogP contribution in [0, 0.1) is 6.92 Å². The second kappa shape index (κ2) is 4.82. The van der Waals surface area contributed by atoms with Crippen LogP contribution in [0.15, 0.2) is 24.3 Å². The van der Waals surface area contributed by atoms with Crippen molar-refractivity contribution in [2.45, 2.75) is 6.92 Å². The zero-order valence-electron chi connectivity index (χ0n) is 8.95. The molecule has 0 atom stereocenters. The Labute approximate surface area is 108 Å². The minimum absolute atomic E-state index is 0.346. The largest absolute Gasteiger partial charge is 0.296 e. The molecule has 1 aromatic heterocycles. The fourth-order valence-electron chi connectivity index (χ4n) is 1.42. The van der Waals surface area contributed by atoms with Crippen molar-refractivity contribution in [3.63, 3.8) is 0 Å². The van der Waals surface area contributed by atoms with Crippen molar-refractivity contribution in [1.29, 1.82) is 0 Å². The van der Waals surface area contributed by atoms with Crippen LogP contribution in [0.3, 0.4) is 0 Å². The molecule has 3 nitrogen and oxygen atoms in total. The quantitative estimate of drug-likeness (QED) is 0.781. The number of aryl methyl sites for hydroxylation is 1. The first-order chi connectivity index (χ1) is 8.10. The maximum Gasteiger partial charge on any atom is 0.168 e. The molecule has 0 aliphatic heterocycles. The first kappa shape index (κ1) is 12.0. The molecule has 1 aromatic carbocycles. The molecule has 0 amide bonds. The van der Waals surface area contributed by atoms with Gasteiger partial charge in [-0.25, -0.2) is 9.97 Å². The number of rotatable bonds is 2. The van der Waals surface area contributed by atoms with Gasteiger partial charge < -0.3 is 0 Å². The van der Waals surface area contributed by atoms with E-state index in [9.17, 15) is 4.79 Å². The Morgan fingerprint density at radius 1 is 1.12 bits per heavy atom. The molecule has 1 heterocycles. The number of carbonyl (C=O) groups is 1. The summed E-state index contributed by atoms with van der Waals surface area (Å²) in [5.74, 6) is 0.464. The Bertz CT molecular complexity index is 585. The summed E-state index contributed by atoms with van der Waals surface area (Å²) in [7, 11) is 0. The number of benzene rings is 1. The molecule has 17 heavy (non-hydrogen) atoms. The Kier molecular flexibility index (Phi) is 3.41. The van der Waals surface area contributed by atoms with E-state index >= 15 is 0 Å². The highest BCUT2D eigenvalue weighted by molar-refractivity contribution is 6.42. The van der Waals surface area contributed by atoms with Crippen LogP contribution in [0.25, 0.3) is 11.4 Å². The summed E-state index contributed by atoms with van der Waals surface area (Å²) >= 11 is 11.7. The third-order valence-electron chi connectivity index (χ3n) is 2.17. The second-order valence-corrected chi connectivity index (χ2v) is 4.32. The first-order valence-electron chi connectivity index (χ1n) is 4.86. The lowest BCUT2D eigenvalue weighted by atomic mass is 10.2. The molecule has 0 bridgehead atoms. The topological polar surface area (TPSA) is 42.9 Å². The summed E-state index contributed by atoms with van der Waals surface area (Å²) < 4.78 is 0. The van der Waals surface area contributed by atoms with E-state index in [1.807, 2.05) is 0 Å². The van der Waals surface area contributed by atoms with Gasteiger partial charge >= 0.3 is 0 Å². The molecule has 0 aliphatic rings. The lowest BCUT2D eigenvalue weighted by Crippen LogP contribution is -1.96. The van der Waals surface area contributed by atoms with Crippen LogP contribution in [-0.2, 0) is 0 Å². The summed E-state index contributed by atoms with van der Waals surface area (Å²) in [5, 5.41) is 0.903. The average molecular weight is 267 g/mol. The van der Waals surface area contributed by atoms with Gasteiger partial charge in [0.25, 0.3) is 0 Å². The molecule has 0 unspecified atom stereocenters. The van der Waals surface area contributed by atoms with Crippen molar-refractivity contribution < 1.29 is 4.79 Å². The van der Waals surface area contributed by atoms with Crippen molar-refractivity contribution in [3.05, 3.63) is 45.7 Å². The van der Waals surface area contributed by atoms with E-state index in [1.165, 1.54) is 0 Å². The van der Waals surface area contributed by atoms with Gasteiger partial charge in [0.2, 0.25) is 0 Å². The minimum atomic E-state index is 0.346. The molecule has 0 saturated carbocycles. The predicted molar refractivity (Wildman–Crippen MR) is 67.6 cm³/mol. The molecule has 5 heteroatoms. The van der Waals surface area contributed by atoms with Gasteiger partial charge in [0.05, 0.1) is 10.0 Å². The van der Waals surface area contributed by atoms with Crippen molar-refractivity contribution in [1.82, 2.24) is 9.97 Å². The molecule has 2 aromatic rings. The number of carbonyl (C=O) groups excluding carboxylic acids is 1. The lowest BCUT2D eigenvalue weighted by molar-refractivity contribution is 0.111. The number of nitrogens with zero attached hydrogens (tertiary/aromatic N) is 2. The summed E-state index contributed by atoms with van der Waals surface area (Å²) in [5.41, 5.74) is 1.80. The zero-order valence-corrected chi connectivity index (χ0v) is 10.5. The fourth-order valence-corrected chi connectivity index (χ4v) is 1.72. The molecule has 0 N–H and O–H groups in total. The zero-order chi connectivity index (χ0) is 12.4. The van der Waals surface area contributed by atoms with Crippen molar-refractivity contribution >= 4 is 29.5 Å². The SMILES string of the molecule is Cc1cc(C=O)nc(-c2ccc(Cl)c(Cl)c2)n1. The van der Waals surface area contributed by atoms with Crippen molar-refractivity contribution in [3.8, 4) is 11.4 Å². The maximum absolute atomic E-state index is 10.7. The second-order valence-electron chi connectivity index (χ2n) is 3.50. The highest BCUT2D eigenvalue weighted by Crippen LogP contribution is 2.26. The molecule has 0 fully saturated rings. The van der Waals surface area contributed by atoms with Crippen LogP contribution in [0.1, 0.15) is 16.2 Å². The van der Waals surface area contributed by atoms with E-state index in [4.69, 9.17) is 23.2 Å². The number of hydrogen-bond donors (Lipinski definition) is 0. The molecular formula is C12H8Cl2N2O. The van der Waals surface area contributed by atoms with Gasteiger partial charge in [-0.1, -0.05) is 23.2 Å². The molecular weight excluding hydrogens is 259 g/mol. The van der Waals surface area contributed by atoms with Crippen LogP contribution in [0.5, 0.6) is 0 Å². The highest BCUT2D eigenvalue weighted by Gasteiger charge is 2.06. The number of aldehydes is 1. The van der Waals surface area contributed by atoms with Crippen LogP contribution in [0.2, 0.25) is 10.0 Å². The van der Waals surface area contributed by atoms with E-state index in [0.717, 1.165) is 11.3 Å². The Morgan fingerprint density at radius 2 is 1.88 bits per heavy atom. The summed E-state index contributed by atoms with van der Waals surface area (Å²) in [4.78, 5) is 19.1. The number of aromatic nitrogens is 2. The summed E-state index contributed by atoms with van der Waals surface area (Å²) in [6.45, 7) is 1.80. The normalized spacial score (nSPS) is 10.3. The van der Waals surface area contributed by atoms with Gasteiger partial charge in [-0.3, -0.25) is 4.79 Å². The minimum Gasteiger partial charge on any atom is -0.296 e. The van der Waals surface area contributed by atoms with Crippen LogP contribution in [0.4, 0.5) is 0 Å². The molecule has 86 valence electrons. The maximum atomic E-state index is 10.7. The van der Waals surface area contributed by atoms with Gasteiger partial charge in [0.1, 0.15) is 5.69 Å². The van der Waals surface area contributed by atoms with Gasteiger partial charge in [-0.05, 0) is 31.2 Å². The van der Waals surface area contributed by atoms with Gasteiger partial charge in [0, 0.05) is 11.3 Å². The van der Waals surface area contributed by atoms with Crippen molar-refractivity contribution in [2.75, 3.05) is 0 Å². The summed E-state index contributed by atoms with van der Waals surface area (Å²) in [6, 6.07) is 6.73. The third-order valence-corrected chi connectivity index (χ3v) is 2.91. The molecule has 0 spiro atoms. The van der Waals surface area contributed by atoms with Gasteiger partial charge in [-0.15, -0.1) is 0 Å². The third kappa shape index (κ3) is 2.62. The monoisotopic (exact) mass is 266 g/mol. The fraction of sp³-hybridized carbons (Fsp3) is 0.0833. The van der Waals surface area contributed by atoms with E-state index < -0.39 is 0 Å². The van der Waals surface area contributed by atoms with Gasteiger partial charge in [0.15, 0.2) is 12.1 Å². The predicted octanol–water partition coefficient (Wildman–Crippen LogP) is 3.57. The smallest absolute Gasteiger partial charge is 0.168 e. The van der Waals surface area contributed by atoms with Crippen LogP contribution < -0.4 is 0 Å². The number of halogens is 2. The summed E-state index contributed by atoms with van der Waals surface area (Å²) in [6.07, 6.45) is 0.690. The van der Waals surface area contributed by atoms with Crippen molar-refractivity contribution in [2.24, 2.45) is 0 Å². The average Bonchev–Trinajstić information content (AvgIpc) is 2.32. The highest BCUT2D eigenvalue weighted by atomic mass is 35.5. The molecule has 0 radical (unpaired) electrons. The Morgan fingerprint density at radius 3 is 2.53 bits per heavy atom. The van der Waals surface area contributed by atoms with Crippen LogP contribution >= 0.6 is 23.2 Å². The Hall–Kier alpha value is -1.45. The standard InChI is InChI=1S/C12H8Cl2N2O/c1-7-4-9(6-17)16-12(15-7)8-2-3-10(13)11(14)5-8/h2-6H,1H3. The first-order valence-corrected chi connectivity index (χ1v) is 5.62. The number of hydrogen-bond acceptors (Lipinski definition) is 3. The van der Waals surface area contributed by atoms with E-state index in [-0.39, 0.29) is 0 Å².